The van der Waals surface area contributed by atoms with E-state index in [1.165, 1.54) is 0 Å². The van der Waals surface area contributed by atoms with Crippen LogP contribution in [0.15, 0.2) is 47.8 Å². The number of aromatic nitrogens is 2. The highest BCUT2D eigenvalue weighted by Crippen LogP contribution is 2.24. The lowest BCUT2D eigenvalue weighted by molar-refractivity contribution is 0.102. The lowest BCUT2D eigenvalue weighted by Crippen LogP contribution is -2.14. The Kier molecular flexibility index (Phi) is 4.52. The summed E-state index contributed by atoms with van der Waals surface area (Å²) in [7, 11) is 0. The number of amides is 1. The second-order valence-electron chi connectivity index (χ2n) is 4.19. The van der Waals surface area contributed by atoms with Gasteiger partial charge in [-0.05, 0) is 24.3 Å². The smallest absolute Gasteiger partial charge is 0.259 e. The van der Waals surface area contributed by atoms with Crippen molar-refractivity contribution in [2.24, 2.45) is 0 Å². The van der Waals surface area contributed by atoms with Gasteiger partial charge in [-0.2, -0.15) is 0 Å². The number of pyridine rings is 2. The average Bonchev–Trinajstić information content (AvgIpc) is 2.39. The van der Waals surface area contributed by atoms with Crippen LogP contribution in [0.5, 0.6) is 0 Å². The van der Waals surface area contributed by atoms with E-state index < -0.39 is 0 Å². The fraction of sp³-hybridized carbons (Fsp3) is 0.214. The number of nitrogens with one attached hydrogen (secondary N) is 1. The molecular weight excluding hydrogens is 258 g/mol. The molecule has 2 aromatic heterocycles. The van der Waals surface area contributed by atoms with Crippen molar-refractivity contribution >= 4 is 23.5 Å². The molecule has 0 fully saturated rings. The number of nitrogens with zero attached hydrogens (tertiary/aromatic N) is 2. The van der Waals surface area contributed by atoms with E-state index in [-0.39, 0.29) is 5.91 Å². The van der Waals surface area contributed by atoms with Gasteiger partial charge in [0.25, 0.3) is 5.91 Å². The summed E-state index contributed by atoms with van der Waals surface area (Å²) < 4.78 is 0. The van der Waals surface area contributed by atoms with Crippen LogP contribution in [0.25, 0.3) is 0 Å². The van der Waals surface area contributed by atoms with Gasteiger partial charge in [0.15, 0.2) is 0 Å². The van der Waals surface area contributed by atoms with Crippen LogP contribution >= 0.6 is 11.8 Å². The predicted octanol–water partition coefficient (Wildman–Crippen LogP) is 3.23. The fourth-order valence-corrected chi connectivity index (χ4v) is 2.36. The third kappa shape index (κ3) is 3.79. The maximum Gasteiger partial charge on any atom is 0.259 e. The standard InChI is InChI=1S/C14H15N3OS/c1-10(2)19-14-11(6-5-9-16-14)13(18)17-12-7-3-4-8-15-12/h3-10H,1-2H3,(H,15,17,18). The summed E-state index contributed by atoms with van der Waals surface area (Å²) in [6.07, 6.45) is 3.34. The number of rotatable bonds is 4. The number of anilines is 1. The Balaban J connectivity index is 2.19. The van der Waals surface area contributed by atoms with Crippen LogP contribution in [0.4, 0.5) is 5.82 Å². The van der Waals surface area contributed by atoms with E-state index in [9.17, 15) is 4.79 Å². The van der Waals surface area contributed by atoms with Crippen molar-refractivity contribution in [3.8, 4) is 0 Å². The quantitative estimate of drug-likeness (QED) is 0.869. The zero-order valence-electron chi connectivity index (χ0n) is 10.8. The second-order valence-corrected chi connectivity index (χ2v) is 5.76. The maximum atomic E-state index is 12.2. The minimum absolute atomic E-state index is 0.185. The van der Waals surface area contributed by atoms with Gasteiger partial charge in [-0.1, -0.05) is 19.9 Å². The number of thioether (sulfide) groups is 1. The van der Waals surface area contributed by atoms with Gasteiger partial charge in [0.05, 0.1) is 5.56 Å². The fourth-order valence-electron chi connectivity index (χ4n) is 1.50. The molecule has 0 bridgehead atoms. The molecule has 1 N–H and O–H groups in total. The van der Waals surface area contributed by atoms with E-state index in [1.807, 2.05) is 6.07 Å². The molecule has 0 saturated carbocycles. The molecule has 0 saturated heterocycles. The van der Waals surface area contributed by atoms with Gasteiger partial charge in [-0.15, -0.1) is 11.8 Å². The van der Waals surface area contributed by atoms with E-state index in [0.717, 1.165) is 5.03 Å². The molecule has 4 nitrogen and oxygen atoms in total. The normalized spacial score (nSPS) is 10.5. The maximum absolute atomic E-state index is 12.2. The first-order valence-corrected chi connectivity index (χ1v) is 6.89. The first-order chi connectivity index (χ1) is 9.16. The van der Waals surface area contributed by atoms with Gasteiger partial charge >= 0.3 is 0 Å². The van der Waals surface area contributed by atoms with Crippen molar-refractivity contribution in [3.63, 3.8) is 0 Å². The van der Waals surface area contributed by atoms with Crippen LogP contribution in [-0.2, 0) is 0 Å². The van der Waals surface area contributed by atoms with Gasteiger partial charge < -0.3 is 5.32 Å². The van der Waals surface area contributed by atoms with Crippen molar-refractivity contribution < 1.29 is 4.79 Å². The summed E-state index contributed by atoms with van der Waals surface area (Å²) >= 11 is 1.57. The van der Waals surface area contributed by atoms with Gasteiger partial charge in [0.2, 0.25) is 0 Å². The molecule has 0 spiro atoms. The van der Waals surface area contributed by atoms with Crippen LogP contribution in [0.3, 0.4) is 0 Å². The largest absolute Gasteiger partial charge is 0.306 e. The summed E-state index contributed by atoms with van der Waals surface area (Å²) in [5.41, 5.74) is 0.576. The third-order valence-electron chi connectivity index (χ3n) is 2.27. The summed E-state index contributed by atoms with van der Waals surface area (Å²) in [6, 6.07) is 8.92. The lowest BCUT2D eigenvalue weighted by Gasteiger charge is -2.09. The molecule has 98 valence electrons. The van der Waals surface area contributed by atoms with E-state index >= 15 is 0 Å². The SMILES string of the molecule is CC(C)Sc1ncccc1C(=O)Nc1ccccn1. The first kappa shape index (κ1) is 13.5. The highest BCUT2D eigenvalue weighted by molar-refractivity contribution is 7.99. The zero-order chi connectivity index (χ0) is 13.7. The van der Waals surface area contributed by atoms with Crippen molar-refractivity contribution in [1.82, 2.24) is 9.97 Å². The molecule has 0 radical (unpaired) electrons. The molecule has 0 unspecified atom stereocenters. The molecule has 0 aliphatic rings. The summed E-state index contributed by atoms with van der Waals surface area (Å²) in [5.74, 6) is 0.354. The minimum atomic E-state index is -0.185. The van der Waals surface area contributed by atoms with E-state index in [1.54, 1.807) is 48.4 Å². The molecule has 1 amide bonds. The Morgan fingerprint density at radius 1 is 1.16 bits per heavy atom. The van der Waals surface area contributed by atoms with E-state index in [0.29, 0.717) is 16.6 Å². The Labute approximate surface area is 116 Å². The molecule has 2 aromatic rings. The van der Waals surface area contributed by atoms with Gasteiger partial charge in [-0.25, -0.2) is 9.97 Å². The van der Waals surface area contributed by atoms with Crippen molar-refractivity contribution in [2.75, 3.05) is 5.32 Å². The Morgan fingerprint density at radius 2 is 1.95 bits per heavy atom. The van der Waals surface area contributed by atoms with Gasteiger partial charge in [-0.3, -0.25) is 4.79 Å². The first-order valence-electron chi connectivity index (χ1n) is 6.01. The Bertz CT molecular complexity index is 558. The summed E-state index contributed by atoms with van der Waals surface area (Å²) in [5, 5.41) is 3.88. The molecule has 0 aromatic carbocycles. The highest BCUT2D eigenvalue weighted by Gasteiger charge is 2.14. The van der Waals surface area contributed by atoms with E-state index in [4.69, 9.17) is 0 Å². The summed E-state index contributed by atoms with van der Waals surface area (Å²) in [6.45, 7) is 4.14. The Morgan fingerprint density at radius 3 is 2.63 bits per heavy atom. The van der Waals surface area contributed by atoms with Crippen molar-refractivity contribution in [1.29, 1.82) is 0 Å². The lowest BCUT2D eigenvalue weighted by atomic mass is 10.2. The molecule has 5 heteroatoms. The average molecular weight is 273 g/mol. The topological polar surface area (TPSA) is 54.9 Å². The van der Waals surface area contributed by atoms with Crippen LogP contribution in [-0.4, -0.2) is 21.1 Å². The molecule has 2 rings (SSSR count). The highest BCUT2D eigenvalue weighted by atomic mass is 32.2. The van der Waals surface area contributed by atoms with Gasteiger partial charge in [0, 0.05) is 17.6 Å². The van der Waals surface area contributed by atoms with Crippen LogP contribution in [0.1, 0.15) is 24.2 Å². The minimum Gasteiger partial charge on any atom is -0.306 e. The predicted molar refractivity (Wildman–Crippen MR) is 77.4 cm³/mol. The van der Waals surface area contributed by atoms with Crippen LogP contribution in [0.2, 0.25) is 0 Å². The number of hydrogen-bond donors (Lipinski definition) is 1. The monoisotopic (exact) mass is 273 g/mol. The number of carbonyl (C=O) groups is 1. The second kappa shape index (κ2) is 6.33. The molecule has 0 aliphatic heterocycles. The molecule has 0 aliphatic carbocycles. The number of carbonyl (C=O) groups excluding carboxylic acids is 1. The van der Waals surface area contributed by atoms with Crippen molar-refractivity contribution in [3.05, 3.63) is 48.3 Å². The van der Waals surface area contributed by atoms with Gasteiger partial charge in [0.1, 0.15) is 10.8 Å². The molecule has 0 atom stereocenters. The molecule has 19 heavy (non-hydrogen) atoms. The third-order valence-corrected chi connectivity index (χ3v) is 3.29. The zero-order valence-corrected chi connectivity index (χ0v) is 11.6. The molecular formula is C14H15N3OS. The van der Waals surface area contributed by atoms with Crippen LogP contribution < -0.4 is 5.32 Å². The number of hydrogen-bond acceptors (Lipinski definition) is 4. The van der Waals surface area contributed by atoms with Crippen LogP contribution in [0, 0.1) is 0 Å². The Hall–Kier alpha value is -1.88. The summed E-state index contributed by atoms with van der Waals surface area (Å²) in [4.78, 5) is 20.6. The van der Waals surface area contributed by atoms with E-state index in [2.05, 4.69) is 29.1 Å². The van der Waals surface area contributed by atoms with Crippen molar-refractivity contribution in [2.45, 2.75) is 24.1 Å². The molecule has 2 heterocycles.